The lowest BCUT2D eigenvalue weighted by atomic mass is 9.81. The molecule has 0 bridgehead atoms. The second-order valence-electron chi connectivity index (χ2n) is 10.9. The van der Waals surface area contributed by atoms with Gasteiger partial charge in [-0.25, -0.2) is 31.7 Å². The van der Waals surface area contributed by atoms with Crippen LogP contribution in [0.25, 0.3) is 5.65 Å². The van der Waals surface area contributed by atoms with Gasteiger partial charge in [0, 0.05) is 31.1 Å². The van der Waals surface area contributed by atoms with E-state index in [4.69, 9.17) is 4.63 Å². The van der Waals surface area contributed by atoms with Crippen LogP contribution in [-0.4, -0.2) is 55.1 Å². The number of amides is 2. The van der Waals surface area contributed by atoms with E-state index in [-0.39, 0.29) is 49.6 Å². The van der Waals surface area contributed by atoms with Crippen molar-refractivity contribution in [2.45, 2.75) is 75.2 Å². The first-order valence-electron chi connectivity index (χ1n) is 13.1. The normalized spacial score (nSPS) is 23.9. The van der Waals surface area contributed by atoms with Gasteiger partial charge < -0.3 is 10.6 Å². The molecular weight excluding hydrogens is 522 g/mol. The lowest BCUT2D eigenvalue weighted by Crippen LogP contribution is -2.48. The van der Waals surface area contributed by atoms with Crippen molar-refractivity contribution in [2.75, 3.05) is 6.54 Å². The summed E-state index contributed by atoms with van der Waals surface area (Å²) in [6, 6.07) is 0.947. The molecule has 3 aromatic heterocycles. The number of nitrogens with one attached hydrogen (secondary N) is 2. The van der Waals surface area contributed by atoms with Gasteiger partial charge >= 0.3 is 0 Å². The lowest BCUT2D eigenvalue weighted by Gasteiger charge is -2.33. The highest BCUT2D eigenvalue weighted by molar-refractivity contribution is 5.93. The summed E-state index contributed by atoms with van der Waals surface area (Å²) in [5.74, 6) is -7.77. The molecule has 0 spiro atoms. The van der Waals surface area contributed by atoms with Crippen LogP contribution in [0.1, 0.15) is 84.3 Å². The average Bonchev–Trinajstić information content (AvgIpc) is 3.45. The fourth-order valence-electron chi connectivity index (χ4n) is 5.55. The summed E-state index contributed by atoms with van der Waals surface area (Å²) >= 11 is 0. The second kappa shape index (κ2) is 9.56. The van der Waals surface area contributed by atoms with Crippen molar-refractivity contribution in [1.82, 2.24) is 35.5 Å². The van der Waals surface area contributed by atoms with Crippen molar-refractivity contribution in [3.63, 3.8) is 0 Å². The van der Waals surface area contributed by atoms with E-state index >= 15 is 0 Å². The first-order valence-corrected chi connectivity index (χ1v) is 13.1. The molecule has 0 aromatic carbocycles. The van der Waals surface area contributed by atoms with E-state index in [1.54, 1.807) is 12.3 Å². The Labute approximate surface area is 219 Å². The first kappa shape index (κ1) is 25.7. The molecule has 2 atom stereocenters. The number of hydrogen-bond acceptors (Lipinski definition) is 7. The minimum atomic E-state index is -2.97. The number of halogens is 4. The number of fused-ring (bicyclic) bond motifs is 1. The molecule has 3 fully saturated rings. The Kier molecular flexibility index (Phi) is 6.29. The van der Waals surface area contributed by atoms with E-state index in [0.29, 0.717) is 22.6 Å². The third-order valence-electron chi connectivity index (χ3n) is 7.85. The summed E-state index contributed by atoms with van der Waals surface area (Å²) in [5, 5.41) is 17.1. The Morgan fingerprint density at radius 1 is 1.15 bits per heavy atom. The molecule has 3 aliphatic rings. The topological polar surface area (TPSA) is 127 Å². The number of nitrogens with zero attached hydrogens (tertiary/aromatic N) is 5. The summed E-state index contributed by atoms with van der Waals surface area (Å²) in [4.78, 5) is 30.0. The Balaban J connectivity index is 1.26. The van der Waals surface area contributed by atoms with Crippen LogP contribution in [0.2, 0.25) is 0 Å². The van der Waals surface area contributed by atoms with Crippen molar-refractivity contribution in [3.05, 3.63) is 41.1 Å². The van der Waals surface area contributed by atoms with Crippen molar-refractivity contribution < 1.29 is 31.8 Å². The average molecular weight is 550 g/mol. The molecule has 10 nitrogen and oxygen atoms in total. The number of carbonyl (C=O) groups is 2. The Hall–Kier alpha value is -3.58. The maximum absolute atomic E-state index is 13.9. The summed E-state index contributed by atoms with van der Waals surface area (Å²) in [6.07, 6.45) is 4.14. The van der Waals surface area contributed by atoms with Gasteiger partial charge in [-0.05, 0) is 54.8 Å². The summed E-state index contributed by atoms with van der Waals surface area (Å²) in [5.41, 5.74) is 1.93. The number of hydrogen-bond donors (Lipinski definition) is 2. The van der Waals surface area contributed by atoms with Crippen LogP contribution in [0.15, 0.2) is 23.1 Å². The molecular formula is C25H27F4N7O3. The molecule has 6 rings (SSSR count). The van der Waals surface area contributed by atoms with Gasteiger partial charge in [-0.1, -0.05) is 5.16 Å². The highest BCUT2D eigenvalue weighted by atomic mass is 19.3. The summed E-state index contributed by atoms with van der Waals surface area (Å²) in [6.45, 7) is -0.671. The van der Waals surface area contributed by atoms with E-state index in [1.165, 1.54) is 10.7 Å². The molecule has 3 aromatic rings. The minimum Gasteiger partial charge on any atom is -0.350 e. The van der Waals surface area contributed by atoms with Crippen LogP contribution in [0.3, 0.4) is 0 Å². The zero-order valence-corrected chi connectivity index (χ0v) is 20.9. The molecule has 208 valence electrons. The molecule has 2 N–H and O–H groups in total. The highest BCUT2D eigenvalue weighted by Gasteiger charge is 2.42. The molecule has 1 saturated heterocycles. The zero-order chi connectivity index (χ0) is 27.4. The molecule has 2 saturated carbocycles. The number of alkyl halides is 4. The Morgan fingerprint density at radius 2 is 1.92 bits per heavy atom. The van der Waals surface area contributed by atoms with Gasteiger partial charge in [0.15, 0.2) is 11.3 Å². The monoisotopic (exact) mass is 549 g/mol. The number of aromatic nitrogens is 5. The van der Waals surface area contributed by atoms with Gasteiger partial charge in [-0.3, -0.25) is 9.59 Å². The van der Waals surface area contributed by atoms with Gasteiger partial charge in [0.05, 0.1) is 30.7 Å². The standard InChI is InChI=1S/C25H27F4N7O3/c26-24(27)5-3-15(4-6-24)19(33-23(38)21-20(14-1-2-14)34-39-35-21)17-11-36-18(32-17)8-13(10-31-36)7-16-9-25(28,29)12-30-22(16)37/h8,10-11,14-16,19H,1-7,9,12H2,(H,30,37)(H,33,38)/t16-,19-/m0/s1. The van der Waals surface area contributed by atoms with E-state index in [0.717, 1.165) is 12.8 Å². The van der Waals surface area contributed by atoms with Crippen LogP contribution in [0, 0.1) is 11.8 Å². The van der Waals surface area contributed by atoms with Gasteiger partial charge in [0.2, 0.25) is 11.8 Å². The molecule has 4 heterocycles. The van der Waals surface area contributed by atoms with Crippen LogP contribution in [0.4, 0.5) is 17.6 Å². The quantitative estimate of drug-likeness (QED) is 0.431. The number of imidazole rings is 1. The number of rotatable bonds is 7. The Morgan fingerprint density at radius 3 is 2.67 bits per heavy atom. The SMILES string of the molecule is O=C(N[C@H](c1cn2ncc(C[C@H]3CC(F)(F)CNC3=O)cc2n1)C1CCC(F)(F)CC1)c1nonc1C1CC1. The number of piperidine rings is 1. The maximum Gasteiger partial charge on any atom is 0.276 e. The molecule has 2 amide bonds. The first-order chi connectivity index (χ1) is 18.6. The van der Waals surface area contributed by atoms with Gasteiger partial charge in [-0.2, -0.15) is 5.10 Å². The fourth-order valence-corrected chi connectivity index (χ4v) is 5.55. The largest absolute Gasteiger partial charge is 0.350 e. The molecule has 14 heteroatoms. The molecule has 0 radical (unpaired) electrons. The van der Waals surface area contributed by atoms with Crippen LogP contribution < -0.4 is 10.6 Å². The van der Waals surface area contributed by atoms with Crippen molar-refractivity contribution in [1.29, 1.82) is 0 Å². The predicted molar refractivity (Wildman–Crippen MR) is 126 cm³/mol. The molecule has 0 unspecified atom stereocenters. The zero-order valence-electron chi connectivity index (χ0n) is 20.9. The minimum absolute atomic E-state index is 0.0636. The molecule has 2 aliphatic carbocycles. The van der Waals surface area contributed by atoms with Gasteiger partial charge in [0.1, 0.15) is 5.69 Å². The van der Waals surface area contributed by atoms with E-state index in [1.807, 2.05) is 0 Å². The van der Waals surface area contributed by atoms with Crippen molar-refractivity contribution >= 4 is 17.5 Å². The smallest absolute Gasteiger partial charge is 0.276 e. The van der Waals surface area contributed by atoms with E-state index < -0.39 is 48.6 Å². The second-order valence-corrected chi connectivity index (χ2v) is 10.9. The van der Waals surface area contributed by atoms with Crippen molar-refractivity contribution in [2.24, 2.45) is 11.8 Å². The van der Waals surface area contributed by atoms with Crippen LogP contribution >= 0.6 is 0 Å². The maximum atomic E-state index is 13.9. The molecule has 39 heavy (non-hydrogen) atoms. The van der Waals surface area contributed by atoms with Crippen LogP contribution in [-0.2, 0) is 11.2 Å². The van der Waals surface area contributed by atoms with Gasteiger partial charge in [0.25, 0.3) is 11.8 Å². The third kappa shape index (κ3) is 5.46. The summed E-state index contributed by atoms with van der Waals surface area (Å²) in [7, 11) is 0. The third-order valence-corrected chi connectivity index (χ3v) is 7.85. The van der Waals surface area contributed by atoms with E-state index in [2.05, 4.69) is 31.0 Å². The number of carbonyl (C=O) groups excluding carboxylic acids is 2. The Bertz CT molecular complexity index is 1390. The highest BCUT2D eigenvalue weighted by Crippen LogP contribution is 2.42. The summed E-state index contributed by atoms with van der Waals surface area (Å²) < 4.78 is 61.8. The van der Waals surface area contributed by atoms with Crippen molar-refractivity contribution in [3.8, 4) is 0 Å². The van der Waals surface area contributed by atoms with Crippen LogP contribution in [0.5, 0.6) is 0 Å². The fraction of sp³-hybridized carbons (Fsp3) is 0.600. The molecule has 1 aliphatic heterocycles. The van der Waals surface area contributed by atoms with E-state index in [9.17, 15) is 27.2 Å². The predicted octanol–water partition coefficient (Wildman–Crippen LogP) is 3.60. The van der Waals surface area contributed by atoms with Gasteiger partial charge in [-0.15, -0.1) is 0 Å². The lowest BCUT2D eigenvalue weighted by molar-refractivity contribution is -0.136.